The fraction of sp³-hybridized carbons (Fsp3) is 0.800. The van der Waals surface area contributed by atoms with Crippen LogP contribution in [0.25, 0.3) is 0 Å². The normalized spacial score (nSPS) is 18.2. The van der Waals surface area contributed by atoms with Crippen LogP contribution in [-0.2, 0) is 20.4 Å². The van der Waals surface area contributed by atoms with Crippen LogP contribution in [0.5, 0.6) is 0 Å². The van der Waals surface area contributed by atoms with Crippen molar-refractivity contribution in [1.82, 2.24) is 5.32 Å². The molecule has 0 saturated heterocycles. The molecule has 0 spiro atoms. The van der Waals surface area contributed by atoms with E-state index in [0.29, 0.717) is 0 Å². The van der Waals surface area contributed by atoms with Crippen molar-refractivity contribution in [2.75, 3.05) is 0 Å². The van der Waals surface area contributed by atoms with Crippen molar-refractivity contribution < 1.29 is 18.9 Å². The summed E-state index contributed by atoms with van der Waals surface area (Å²) >= 11 is 0. The van der Waals surface area contributed by atoms with Crippen LogP contribution in [0.4, 0.5) is 0 Å². The predicted molar refractivity (Wildman–Crippen MR) is 62.6 cm³/mol. The van der Waals surface area contributed by atoms with Gasteiger partial charge >= 0.3 is 5.97 Å². The molecule has 2 N–H and O–H groups in total. The largest absolute Gasteiger partial charge is 0.480 e. The van der Waals surface area contributed by atoms with Crippen molar-refractivity contribution in [2.45, 2.75) is 50.7 Å². The van der Waals surface area contributed by atoms with Gasteiger partial charge < -0.3 is 10.4 Å². The van der Waals surface area contributed by atoms with E-state index >= 15 is 0 Å². The zero-order valence-electron chi connectivity index (χ0n) is 10.0. The lowest BCUT2D eigenvalue weighted by atomic mass is 10.2. The lowest BCUT2D eigenvalue weighted by molar-refractivity contribution is -0.136. The summed E-state index contributed by atoms with van der Waals surface area (Å²) < 4.78 is 11.7. The van der Waals surface area contributed by atoms with Gasteiger partial charge in [0.2, 0.25) is 5.91 Å². The van der Waals surface area contributed by atoms with Gasteiger partial charge in [-0.3, -0.25) is 13.8 Å². The Morgan fingerprint density at radius 3 is 2.12 bits per heavy atom. The second-order valence-corrected chi connectivity index (χ2v) is 5.84. The van der Waals surface area contributed by atoms with Crippen LogP contribution in [0, 0.1) is 0 Å². The minimum absolute atomic E-state index is 0.00656. The zero-order valence-corrected chi connectivity index (χ0v) is 10.8. The maximum atomic E-state index is 11.7. The number of hydrogen-bond acceptors (Lipinski definition) is 3. The molecular formula is C10H19NO4S. The minimum Gasteiger partial charge on any atom is -0.480 e. The molecule has 0 aromatic rings. The van der Waals surface area contributed by atoms with Crippen molar-refractivity contribution in [1.29, 1.82) is 0 Å². The SMILES string of the molecule is CCC(C)NC(=O)C(C)S(=O)C(C)C(=O)O. The van der Waals surface area contributed by atoms with Gasteiger partial charge in [0.15, 0.2) is 0 Å². The quantitative estimate of drug-likeness (QED) is 0.718. The summed E-state index contributed by atoms with van der Waals surface area (Å²) in [5.74, 6) is -1.51. The van der Waals surface area contributed by atoms with E-state index in [1.807, 2.05) is 13.8 Å². The van der Waals surface area contributed by atoms with Gasteiger partial charge in [-0.15, -0.1) is 0 Å². The predicted octanol–water partition coefficient (Wildman–Crippen LogP) is 0.511. The van der Waals surface area contributed by atoms with Gasteiger partial charge in [-0.05, 0) is 27.2 Å². The average Bonchev–Trinajstić information content (AvgIpc) is 2.25. The summed E-state index contributed by atoms with van der Waals surface area (Å²) in [6.07, 6.45) is 0.777. The first kappa shape index (κ1) is 15.1. The van der Waals surface area contributed by atoms with E-state index in [4.69, 9.17) is 5.11 Å². The maximum Gasteiger partial charge on any atom is 0.319 e. The highest BCUT2D eigenvalue weighted by molar-refractivity contribution is 7.87. The van der Waals surface area contributed by atoms with Gasteiger partial charge in [0.05, 0.1) is 0 Å². The summed E-state index contributed by atoms with van der Waals surface area (Å²) in [6.45, 7) is 6.58. The van der Waals surface area contributed by atoms with Gasteiger partial charge in [0, 0.05) is 16.8 Å². The number of hydrogen-bond donors (Lipinski definition) is 2. The molecule has 6 heteroatoms. The molecule has 0 heterocycles. The highest BCUT2D eigenvalue weighted by Crippen LogP contribution is 2.05. The van der Waals surface area contributed by atoms with Crippen molar-refractivity contribution >= 4 is 22.7 Å². The molecule has 0 saturated carbocycles. The van der Waals surface area contributed by atoms with Crippen molar-refractivity contribution in [3.05, 3.63) is 0 Å². The van der Waals surface area contributed by atoms with Crippen LogP contribution < -0.4 is 5.32 Å². The van der Waals surface area contributed by atoms with Gasteiger partial charge in [-0.2, -0.15) is 0 Å². The monoisotopic (exact) mass is 249 g/mol. The summed E-state index contributed by atoms with van der Waals surface area (Å²) in [6, 6.07) is 0.00656. The highest BCUT2D eigenvalue weighted by Gasteiger charge is 2.28. The molecular weight excluding hydrogens is 230 g/mol. The smallest absolute Gasteiger partial charge is 0.319 e. The Morgan fingerprint density at radius 2 is 1.75 bits per heavy atom. The van der Waals surface area contributed by atoms with E-state index in [1.165, 1.54) is 13.8 Å². The van der Waals surface area contributed by atoms with Crippen LogP contribution in [0.3, 0.4) is 0 Å². The molecule has 0 rings (SSSR count). The lowest BCUT2D eigenvalue weighted by Crippen LogP contribution is -2.43. The molecule has 0 radical (unpaired) electrons. The molecule has 0 bridgehead atoms. The van der Waals surface area contributed by atoms with E-state index in [1.54, 1.807) is 0 Å². The summed E-state index contributed by atoms with van der Waals surface area (Å²) in [7, 11) is -1.70. The Bertz CT molecular complexity index is 293. The summed E-state index contributed by atoms with van der Waals surface area (Å²) in [4.78, 5) is 22.2. The van der Waals surface area contributed by atoms with Gasteiger partial charge in [-0.25, -0.2) is 0 Å². The third kappa shape index (κ3) is 4.30. The topological polar surface area (TPSA) is 83.5 Å². The number of rotatable bonds is 6. The number of carbonyl (C=O) groups is 2. The standard InChI is InChI=1S/C10H19NO4S/c1-5-6(2)11-9(12)7(3)16(15)8(4)10(13)14/h6-8H,5H2,1-4H3,(H,11,12)(H,13,14). The molecule has 4 unspecified atom stereocenters. The molecule has 1 amide bonds. The molecule has 0 fully saturated rings. The number of amides is 1. The molecule has 16 heavy (non-hydrogen) atoms. The van der Waals surface area contributed by atoms with E-state index in [9.17, 15) is 13.8 Å². The number of nitrogens with one attached hydrogen (secondary N) is 1. The third-order valence-electron chi connectivity index (χ3n) is 2.41. The minimum atomic E-state index is -1.70. The first-order valence-corrected chi connectivity index (χ1v) is 6.51. The van der Waals surface area contributed by atoms with E-state index in [-0.39, 0.29) is 11.9 Å². The van der Waals surface area contributed by atoms with E-state index < -0.39 is 27.3 Å². The van der Waals surface area contributed by atoms with Gasteiger partial charge in [-0.1, -0.05) is 6.92 Å². The summed E-state index contributed by atoms with van der Waals surface area (Å²) in [5, 5.41) is 9.53. The number of carboxylic acids is 1. The first-order chi connectivity index (χ1) is 7.31. The Hall–Kier alpha value is -0.910. The van der Waals surface area contributed by atoms with E-state index in [0.717, 1.165) is 6.42 Å². The lowest BCUT2D eigenvalue weighted by Gasteiger charge is -2.17. The maximum absolute atomic E-state index is 11.7. The van der Waals surface area contributed by atoms with Crippen molar-refractivity contribution in [2.24, 2.45) is 0 Å². The Balaban J connectivity index is 4.44. The Kier molecular flexibility index (Phi) is 6.25. The van der Waals surface area contributed by atoms with Crippen LogP contribution in [0.1, 0.15) is 34.1 Å². The van der Waals surface area contributed by atoms with Gasteiger partial charge in [0.1, 0.15) is 10.5 Å². The van der Waals surface area contributed by atoms with Gasteiger partial charge in [0.25, 0.3) is 0 Å². The third-order valence-corrected chi connectivity index (χ3v) is 4.22. The van der Waals surface area contributed by atoms with Crippen LogP contribution in [-0.4, -0.2) is 37.7 Å². The zero-order chi connectivity index (χ0) is 12.9. The number of carboxylic acid groups (broad SMARTS) is 1. The molecule has 0 aromatic carbocycles. The van der Waals surface area contributed by atoms with E-state index in [2.05, 4.69) is 5.32 Å². The highest BCUT2D eigenvalue weighted by atomic mass is 32.2. The van der Waals surface area contributed by atoms with Crippen molar-refractivity contribution in [3.8, 4) is 0 Å². The molecule has 5 nitrogen and oxygen atoms in total. The number of aliphatic carboxylic acids is 1. The Morgan fingerprint density at radius 1 is 1.25 bits per heavy atom. The van der Waals surface area contributed by atoms with Crippen LogP contribution >= 0.6 is 0 Å². The number of carbonyl (C=O) groups excluding carboxylic acids is 1. The average molecular weight is 249 g/mol. The van der Waals surface area contributed by atoms with Crippen LogP contribution in [0.15, 0.2) is 0 Å². The first-order valence-electron chi connectivity index (χ1n) is 5.23. The van der Waals surface area contributed by atoms with Crippen LogP contribution in [0.2, 0.25) is 0 Å². The molecule has 0 aromatic heterocycles. The fourth-order valence-corrected chi connectivity index (χ4v) is 2.06. The molecule has 0 aliphatic rings. The second-order valence-electron chi connectivity index (χ2n) is 3.77. The Labute approximate surface area is 98.1 Å². The molecule has 4 atom stereocenters. The van der Waals surface area contributed by atoms with Crippen molar-refractivity contribution in [3.63, 3.8) is 0 Å². The molecule has 0 aliphatic carbocycles. The molecule has 94 valence electrons. The second kappa shape index (κ2) is 6.62. The molecule has 0 aliphatic heterocycles. The summed E-state index contributed by atoms with van der Waals surface area (Å²) in [5.41, 5.74) is 0. The fourth-order valence-electron chi connectivity index (χ4n) is 0.973.